The van der Waals surface area contributed by atoms with Crippen molar-refractivity contribution < 1.29 is 19.8 Å². The predicted molar refractivity (Wildman–Crippen MR) is 135 cm³/mol. The first kappa shape index (κ1) is 25.4. The molecular weight excluding hydrogens is 424 g/mol. The van der Waals surface area contributed by atoms with Crippen LogP contribution in [0.5, 0.6) is 0 Å². The molecule has 34 heavy (non-hydrogen) atoms. The van der Waals surface area contributed by atoms with Crippen LogP contribution in [0.15, 0.2) is 34.9 Å². The third-order valence-electron chi connectivity index (χ3n) is 10.8. The zero-order valence-corrected chi connectivity index (χ0v) is 22.2. The summed E-state index contributed by atoms with van der Waals surface area (Å²) in [7, 11) is 0. The number of Topliss-reactive ketones (excluding diaryl/α,β-unsaturated/α-hetero) is 1. The standard InChI is InChI=1S/C30H44O4/c1-18(2)9-8-10-19(26(33)34)25-22(31)17-30(7)21-11-12-23-27(3,4)24(32)14-15-28(23,5)20(21)13-16-29(25,30)6/h9,11,13,19,22-23,25,31H,8,10,12,14-17H2,1-7H3,(H,33,34)/t19-,22-,23+,25+,28-,29-,30+/m1/s1. The Morgan fingerprint density at radius 1 is 1.15 bits per heavy atom. The van der Waals surface area contributed by atoms with Gasteiger partial charge >= 0.3 is 5.97 Å². The fourth-order valence-electron chi connectivity index (χ4n) is 8.64. The van der Waals surface area contributed by atoms with Gasteiger partial charge in [-0.15, -0.1) is 0 Å². The molecule has 0 aromatic carbocycles. The Bertz CT molecular complexity index is 980. The monoisotopic (exact) mass is 468 g/mol. The van der Waals surface area contributed by atoms with E-state index in [-0.39, 0.29) is 33.5 Å². The molecule has 0 unspecified atom stereocenters. The van der Waals surface area contributed by atoms with Gasteiger partial charge in [-0.2, -0.15) is 0 Å². The number of fused-ring (bicyclic) bond motifs is 5. The number of hydrogen-bond donors (Lipinski definition) is 2. The number of aliphatic carboxylic acids is 1. The molecule has 4 aliphatic rings. The van der Waals surface area contributed by atoms with Crippen LogP contribution >= 0.6 is 0 Å². The molecule has 0 radical (unpaired) electrons. The Kier molecular flexibility index (Phi) is 6.12. The van der Waals surface area contributed by atoms with Gasteiger partial charge in [-0.3, -0.25) is 9.59 Å². The van der Waals surface area contributed by atoms with E-state index in [9.17, 15) is 19.8 Å². The average Bonchev–Trinajstić information content (AvgIpc) is 2.94. The number of rotatable bonds is 5. The molecule has 4 aliphatic carbocycles. The van der Waals surface area contributed by atoms with Crippen LogP contribution in [0.4, 0.5) is 0 Å². The third-order valence-corrected chi connectivity index (χ3v) is 10.8. The molecule has 0 saturated heterocycles. The maximum Gasteiger partial charge on any atom is 0.306 e. The second kappa shape index (κ2) is 8.18. The van der Waals surface area contributed by atoms with Gasteiger partial charge in [0, 0.05) is 23.2 Å². The van der Waals surface area contributed by atoms with Crippen LogP contribution in [-0.4, -0.2) is 28.1 Å². The normalized spacial score (nSPS) is 41.4. The second-order valence-corrected chi connectivity index (χ2v) is 13.1. The van der Waals surface area contributed by atoms with Crippen molar-refractivity contribution in [2.45, 2.75) is 99.5 Å². The van der Waals surface area contributed by atoms with Gasteiger partial charge in [-0.1, -0.05) is 58.4 Å². The summed E-state index contributed by atoms with van der Waals surface area (Å²) in [6, 6.07) is 0. The molecule has 2 saturated carbocycles. The van der Waals surface area contributed by atoms with Gasteiger partial charge in [0.25, 0.3) is 0 Å². The quantitative estimate of drug-likeness (QED) is 0.452. The van der Waals surface area contributed by atoms with Crippen LogP contribution in [-0.2, 0) is 9.59 Å². The lowest BCUT2D eigenvalue weighted by molar-refractivity contribution is -0.148. The molecule has 2 N–H and O–H groups in total. The number of hydrogen-bond acceptors (Lipinski definition) is 3. The lowest BCUT2D eigenvalue weighted by Gasteiger charge is -2.59. The molecule has 0 spiro atoms. The Hall–Kier alpha value is -1.68. The predicted octanol–water partition coefficient (Wildman–Crippen LogP) is 6.50. The van der Waals surface area contributed by atoms with E-state index < -0.39 is 18.0 Å². The highest BCUT2D eigenvalue weighted by Gasteiger charge is 2.66. The Morgan fingerprint density at radius 3 is 2.44 bits per heavy atom. The van der Waals surface area contributed by atoms with Crippen LogP contribution in [0.25, 0.3) is 0 Å². The summed E-state index contributed by atoms with van der Waals surface area (Å²) < 4.78 is 0. The minimum absolute atomic E-state index is 0.0511. The molecule has 4 rings (SSSR count). The van der Waals surface area contributed by atoms with E-state index in [2.05, 4.69) is 52.8 Å². The summed E-state index contributed by atoms with van der Waals surface area (Å²) in [5.74, 6) is -0.984. The minimum Gasteiger partial charge on any atom is -0.481 e. The van der Waals surface area contributed by atoms with Crippen molar-refractivity contribution in [3.63, 3.8) is 0 Å². The molecule has 188 valence electrons. The first-order valence-electron chi connectivity index (χ1n) is 13.2. The summed E-state index contributed by atoms with van der Waals surface area (Å²) in [5.41, 5.74) is 2.90. The molecule has 0 heterocycles. The topological polar surface area (TPSA) is 74.6 Å². The average molecular weight is 469 g/mol. The van der Waals surface area contributed by atoms with Gasteiger partial charge in [0.15, 0.2) is 0 Å². The highest BCUT2D eigenvalue weighted by atomic mass is 16.4. The number of ketones is 1. The lowest BCUT2D eigenvalue weighted by Crippen LogP contribution is -2.53. The highest BCUT2D eigenvalue weighted by Crippen LogP contribution is 2.71. The Morgan fingerprint density at radius 2 is 1.82 bits per heavy atom. The van der Waals surface area contributed by atoms with Crippen molar-refractivity contribution in [1.29, 1.82) is 0 Å². The minimum atomic E-state index is -0.788. The Balaban J connectivity index is 1.75. The van der Waals surface area contributed by atoms with E-state index in [1.54, 1.807) is 0 Å². The van der Waals surface area contributed by atoms with Crippen LogP contribution < -0.4 is 0 Å². The lowest BCUT2D eigenvalue weighted by atomic mass is 9.44. The number of carboxylic acid groups (broad SMARTS) is 1. The summed E-state index contributed by atoms with van der Waals surface area (Å²) in [6.07, 6.45) is 11.2. The smallest absolute Gasteiger partial charge is 0.306 e. The summed E-state index contributed by atoms with van der Waals surface area (Å²) >= 11 is 0. The van der Waals surface area contributed by atoms with Crippen molar-refractivity contribution in [3.8, 4) is 0 Å². The van der Waals surface area contributed by atoms with Crippen LogP contribution in [0.1, 0.15) is 93.4 Å². The van der Waals surface area contributed by atoms with Crippen LogP contribution in [0.2, 0.25) is 0 Å². The molecule has 2 fully saturated rings. The fraction of sp³-hybridized carbons (Fsp3) is 0.733. The Labute approximate surface area is 205 Å². The van der Waals surface area contributed by atoms with Crippen molar-refractivity contribution >= 4 is 11.8 Å². The molecular formula is C30H44O4. The zero-order chi connectivity index (χ0) is 25.3. The van der Waals surface area contributed by atoms with Gasteiger partial charge in [0.1, 0.15) is 5.78 Å². The molecule has 0 amide bonds. The van der Waals surface area contributed by atoms with E-state index >= 15 is 0 Å². The first-order chi connectivity index (χ1) is 15.7. The summed E-state index contributed by atoms with van der Waals surface area (Å²) in [6.45, 7) is 15.1. The van der Waals surface area contributed by atoms with Gasteiger partial charge < -0.3 is 10.2 Å². The van der Waals surface area contributed by atoms with Crippen LogP contribution in [0.3, 0.4) is 0 Å². The maximum atomic E-state index is 12.8. The van der Waals surface area contributed by atoms with Crippen molar-refractivity contribution in [3.05, 3.63) is 34.9 Å². The van der Waals surface area contributed by atoms with Crippen molar-refractivity contribution in [1.82, 2.24) is 0 Å². The number of carbonyl (C=O) groups excluding carboxylic acids is 1. The van der Waals surface area contributed by atoms with Gasteiger partial charge in [-0.25, -0.2) is 0 Å². The van der Waals surface area contributed by atoms with Crippen molar-refractivity contribution in [2.24, 2.45) is 39.4 Å². The van der Waals surface area contributed by atoms with E-state index in [1.165, 1.54) is 16.7 Å². The van der Waals surface area contributed by atoms with E-state index in [1.807, 2.05) is 13.8 Å². The molecule has 0 bridgehead atoms. The number of allylic oxidation sites excluding steroid dienone is 6. The fourth-order valence-corrected chi connectivity index (χ4v) is 8.64. The molecule has 0 aliphatic heterocycles. The van der Waals surface area contributed by atoms with Crippen LogP contribution in [0, 0.1) is 39.4 Å². The zero-order valence-electron chi connectivity index (χ0n) is 22.2. The molecule has 0 aromatic heterocycles. The molecule has 7 atom stereocenters. The maximum absolute atomic E-state index is 12.8. The van der Waals surface area contributed by atoms with E-state index in [4.69, 9.17) is 0 Å². The molecule has 4 heteroatoms. The summed E-state index contributed by atoms with van der Waals surface area (Å²) in [5, 5.41) is 21.6. The van der Waals surface area contributed by atoms with Gasteiger partial charge in [0.05, 0.1) is 12.0 Å². The van der Waals surface area contributed by atoms with Gasteiger partial charge in [0.2, 0.25) is 0 Å². The van der Waals surface area contributed by atoms with Crippen molar-refractivity contribution in [2.75, 3.05) is 0 Å². The third kappa shape index (κ3) is 3.42. The molecule has 4 nitrogen and oxygen atoms in total. The SMILES string of the molecule is CC(C)=CCC[C@@H](C(=O)O)[C@H]1[C@H](O)C[C@@]2(C)C3=CC[C@H]4C(C)(C)C(=O)CC[C@]4(C)C3=CC[C@]12C. The molecule has 0 aromatic rings. The number of aliphatic hydroxyl groups is 1. The largest absolute Gasteiger partial charge is 0.481 e. The second-order valence-electron chi connectivity index (χ2n) is 13.1. The number of aliphatic hydroxyl groups excluding tert-OH is 1. The van der Waals surface area contributed by atoms with E-state index in [0.29, 0.717) is 25.0 Å². The summed E-state index contributed by atoms with van der Waals surface area (Å²) in [4.78, 5) is 25.2. The number of carbonyl (C=O) groups is 2. The number of carboxylic acids is 1. The van der Waals surface area contributed by atoms with E-state index in [0.717, 1.165) is 25.7 Å². The van der Waals surface area contributed by atoms with Gasteiger partial charge in [-0.05, 0) is 80.3 Å². The first-order valence-corrected chi connectivity index (χ1v) is 13.2. The highest BCUT2D eigenvalue weighted by molar-refractivity contribution is 5.86.